The summed E-state index contributed by atoms with van der Waals surface area (Å²) in [6.07, 6.45) is 7.20. The second-order valence-electron chi connectivity index (χ2n) is 4.00. The lowest BCUT2D eigenvalue weighted by molar-refractivity contribution is 0.0938. The number of hydrogen-bond acceptors (Lipinski definition) is 3. The molecule has 1 unspecified atom stereocenters. The Morgan fingerprint density at radius 3 is 2.93 bits per heavy atom. The maximum absolute atomic E-state index is 5.75. The first-order valence-electron chi connectivity index (χ1n) is 5.34. The van der Waals surface area contributed by atoms with E-state index < -0.39 is 0 Å². The molecule has 1 saturated heterocycles. The molecule has 0 bridgehead atoms. The van der Waals surface area contributed by atoms with Crippen molar-refractivity contribution in [2.75, 3.05) is 39.8 Å². The second kappa shape index (κ2) is 6.02. The Balaban J connectivity index is 2.31. The Morgan fingerprint density at radius 2 is 2.29 bits per heavy atom. The lowest BCUT2D eigenvalue weighted by atomic mass is 10.1. The van der Waals surface area contributed by atoms with Crippen molar-refractivity contribution < 1.29 is 0 Å². The van der Waals surface area contributed by atoms with Gasteiger partial charge in [-0.1, -0.05) is 0 Å². The van der Waals surface area contributed by atoms with Gasteiger partial charge < -0.3 is 10.6 Å². The minimum atomic E-state index is 0.520. The van der Waals surface area contributed by atoms with Crippen LogP contribution in [0.3, 0.4) is 0 Å². The molecule has 1 aliphatic heterocycles. The number of nitrogens with zero attached hydrogens (tertiary/aromatic N) is 2. The fourth-order valence-electron chi connectivity index (χ4n) is 1.95. The van der Waals surface area contributed by atoms with Crippen LogP contribution < -0.4 is 5.73 Å². The Bertz CT molecular complexity index is 197. The molecule has 0 spiro atoms. The quantitative estimate of drug-likeness (QED) is 0.505. The molecule has 0 amide bonds. The Morgan fingerprint density at radius 1 is 1.50 bits per heavy atom. The van der Waals surface area contributed by atoms with Gasteiger partial charge in [0.1, 0.15) is 0 Å². The summed E-state index contributed by atoms with van der Waals surface area (Å²) in [5, 5.41) is 0. The van der Waals surface area contributed by atoms with Crippen LogP contribution in [-0.2, 0) is 0 Å². The fourth-order valence-corrected chi connectivity index (χ4v) is 1.95. The molecule has 0 saturated carbocycles. The SMILES string of the molecule is C#CCCCN1CCN(C)CC1CN. The summed E-state index contributed by atoms with van der Waals surface area (Å²) < 4.78 is 0. The van der Waals surface area contributed by atoms with Crippen LogP contribution in [0.2, 0.25) is 0 Å². The van der Waals surface area contributed by atoms with Gasteiger partial charge in [0.05, 0.1) is 0 Å². The van der Waals surface area contributed by atoms with Crippen LogP contribution in [0.5, 0.6) is 0 Å². The van der Waals surface area contributed by atoms with Gasteiger partial charge in [-0.25, -0.2) is 0 Å². The summed E-state index contributed by atoms with van der Waals surface area (Å²) in [7, 11) is 2.15. The maximum atomic E-state index is 5.75. The smallest absolute Gasteiger partial charge is 0.0346 e. The van der Waals surface area contributed by atoms with Crippen molar-refractivity contribution >= 4 is 0 Å². The maximum Gasteiger partial charge on any atom is 0.0346 e. The molecule has 1 aliphatic rings. The van der Waals surface area contributed by atoms with E-state index in [1.807, 2.05) is 0 Å². The van der Waals surface area contributed by atoms with E-state index in [4.69, 9.17) is 12.2 Å². The lowest BCUT2D eigenvalue weighted by Gasteiger charge is -2.39. The third kappa shape index (κ3) is 3.30. The van der Waals surface area contributed by atoms with Crippen LogP contribution in [0.4, 0.5) is 0 Å². The minimum absolute atomic E-state index is 0.520. The van der Waals surface area contributed by atoms with Crippen molar-refractivity contribution in [3.8, 4) is 12.3 Å². The summed E-state index contributed by atoms with van der Waals surface area (Å²) in [6.45, 7) is 5.21. The first-order valence-corrected chi connectivity index (χ1v) is 5.34. The summed E-state index contributed by atoms with van der Waals surface area (Å²) in [6, 6.07) is 0.520. The molecule has 80 valence electrons. The molecule has 3 nitrogen and oxygen atoms in total. The van der Waals surface area contributed by atoms with E-state index in [1.54, 1.807) is 0 Å². The van der Waals surface area contributed by atoms with Crippen molar-refractivity contribution in [3.05, 3.63) is 0 Å². The molecule has 0 aromatic heterocycles. The number of rotatable bonds is 4. The van der Waals surface area contributed by atoms with Gasteiger partial charge in [0, 0.05) is 38.6 Å². The fraction of sp³-hybridized carbons (Fsp3) is 0.818. The van der Waals surface area contributed by atoms with Crippen molar-refractivity contribution in [2.24, 2.45) is 5.73 Å². The Kier molecular flexibility index (Phi) is 4.95. The van der Waals surface area contributed by atoms with Crippen molar-refractivity contribution in [1.82, 2.24) is 9.80 Å². The number of unbranched alkanes of at least 4 members (excludes halogenated alkanes) is 1. The summed E-state index contributed by atoms with van der Waals surface area (Å²) in [5.41, 5.74) is 5.75. The van der Waals surface area contributed by atoms with Crippen LogP contribution >= 0.6 is 0 Å². The molecule has 3 heteroatoms. The molecule has 1 fully saturated rings. The van der Waals surface area contributed by atoms with Crippen molar-refractivity contribution in [2.45, 2.75) is 18.9 Å². The Hall–Kier alpha value is -0.560. The van der Waals surface area contributed by atoms with Crippen LogP contribution in [0.15, 0.2) is 0 Å². The largest absolute Gasteiger partial charge is 0.329 e. The number of likely N-dealkylation sites (N-methyl/N-ethyl adjacent to an activating group) is 1. The van der Waals surface area contributed by atoms with E-state index in [2.05, 4.69) is 22.8 Å². The van der Waals surface area contributed by atoms with E-state index in [1.165, 1.54) is 0 Å². The monoisotopic (exact) mass is 195 g/mol. The highest BCUT2D eigenvalue weighted by molar-refractivity contribution is 4.86. The molecular weight excluding hydrogens is 174 g/mol. The van der Waals surface area contributed by atoms with Gasteiger partial charge in [0.15, 0.2) is 0 Å². The molecule has 0 radical (unpaired) electrons. The normalized spacial score (nSPS) is 24.8. The standard InChI is InChI=1S/C11H21N3/c1-3-4-5-6-14-8-7-13(2)10-11(14)9-12/h1,11H,4-10,12H2,2H3. The molecule has 14 heavy (non-hydrogen) atoms. The molecule has 0 aromatic rings. The highest BCUT2D eigenvalue weighted by Crippen LogP contribution is 2.08. The second-order valence-corrected chi connectivity index (χ2v) is 4.00. The van der Waals surface area contributed by atoms with E-state index >= 15 is 0 Å². The van der Waals surface area contributed by atoms with Gasteiger partial charge in [-0.2, -0.15) is 0 Å². The average Bonchev–Trinajstić information content (AvgIpc) is 2.20. The van der Waals surface area contributed by atoms with E-state index in [9.17, 15) is 0 Å². The van der Waals surface area contributed by atoms with Crippen LogP contribution in [0.1, 0.15) is 12.8 Å². The predicted molar refractivity (Wildman–Crippen MR) is 60.0 cm³/mol. The van der Waals surface area contributed by atoms with Gasteiger partial charge in [0.25, 0.3) is 0 Å². The zero-order valence-electron chi connectivity index (χ0n) is 9.08. The van der Waals surface area contributed by atoms with E-state index in [-0.39, 0.29) is 0 Å². The summed E-state index contributed by atoms with van der Waals surface area (Å²) in [5.74, 6) is 2.68. The molecule has 1 rings (SSSR count). The zero-order chi connectivity index (χ0) is 10.4. The number of nitrogens with two attached hydrogens (primary N) is 1. The average molecular weight is 195 g/mol. The number of terminal acetylenes is 1. The van der Waals surface area contributed by atoms with Gasteiger partial charge in [-0.15, -0.1) is 12.3 Å². The van der Waals surface area contributed by atoms with Crippen LogP contribution in [0.25, 0.3) is 0 Å². The third-order valence-corrected chi connectivity index (χ3v) is 2.85. The van der Waals surface area contributed by atoms with E-state index in [0.717, 1.165) is 45.6 Å². The van der Waals surface area contributed by atoms with E-state index in [0.29, 0.717) is 6.04 Å². The highest BCUT2D eigenvalue weighted by atomic mass is 15.3. The third-order valence-electron chi connectivity index (χ3n) is 2.85. The molecular formula is C11H21N3. The van der Waals surface area contributed by atoms with Gasteiger partial charge >= 0.3 is 0 Å². The molecule has 2 N–H and O–H groups in total. The predicted octanol–water partition coefficient (Wildman–Crippen LogP) is -0.0255. The van der Waals surface area contributed by atoms with Crippen molar-refractivity contribution in [3.63, 3.8) is 0 Å². The van der Waals surface area contributed by atoms with Crippen LogP contribution in [-0.4, -0.2) is 55.6 Å². The van der Waals surface area contributed by atoms with Gasteiger partial charge in [-0.3, -0.25) is 4.90 Å². The molecule has 1 heterocycles. The first-order chi connectivity index (χ1) is 6.77. The topological polar surface area (TPSA) is 32.5 Å². The van der Waals surface area contributed by atoms with Crippen molar-refractivity contribution in [1.29, 1.82) is 0 Å². The van der Waals surface area contributed by atoms with Crippen LogP contribution in [0, 0.1) is 12.3 Å². The molecule has 1 atom stereocenters. The minimum Gasteiger partial charge on any atom is -0.329 e. The first kappa shape index (κ1) is 11.5. The number of hydrogen-bond donors (Lipinski definition) is 1. The van der Waals surface area contributed by atoms with Gasteiger partial charge in [0.2, 0.25) is 0 Å². The number of piperazine rings is 1. The summed E-state index contributed by atoms with van der Waals surface area (Å²) >= 11 is 0. The molecule has 0 aromatic carbocycles. The van der Waals surface area contributed by atoms with Gasteiger partial charge in [-0.05, 0) is 20.0 Å². The Labute approximate surface area is 87.2 Å². The molecule has 0 aliphatic carbocycles. The summed E-state index contributed by atoms with van der Waals surface area (Å²) in [4.78, 5) is 4.81. The highest BCUT2D eigenvalue weighted by Gasteiger charge is 2.22. The lowest BCUT2D eigenvalue weighted by Crippen LogP contribution is -2.54. The zero-order valence-corrected chi connectivity index (χ0v) is 9.08.